The fourth-order valence-electron chi connectivity index (χ4n) is 3.38. The average molecular weight is 164 g/mol. The number of aliphatic hydroxyl groups excluding tert-OH is 1. The first-order valence-corrected chi connectivity index (χ1v) is 4.62. The molecule has 0 aromatic rings. The van der Waals surface area contributed by atoms with Gasteiger partial charge in [0.25, 0.3) is 0 Å². The van der Waals surface area contributed by atoms with Crippen LogP contribution in [-0.4, -0.2) is 17.0 Å². The van der Waals surface area contributed by atoms with Crippen molar-refractivity contribution in [1.29, 1.82) is 0 Å². The first-order valence-electron chi connectivity index (χ1n) is 4.62. The Morgan fingerprint density at radius 2 is 2.33 bits per heavy atom. The Kier molecular flexibility index (Phi) is 0.950. The van der Waals surface area contributed by atoms with Crippen molar-refractivity contribution in [2.75, 3.05) is 0 Å². The van der Waals surface area contributed by atoms with Gasteiger partial charge in [0.15, 0.2) is 5.78 Å². The summed E-state index contributed by atoms with van der Waals surface area (Å²) < 4.78 is 0. The van der Waals surface area contributed by atoms with Gasteiger partial charge >= 0.3 is 0 Å². The molecule has 3 atom stereocenters. The number of hydrogen-bond donors (Lipinski definition) is 1. The molecule has 3 aliphatic rings. The van der Waals surface area contributed by atoms with Crippen molar-refractivity contribution in [3.8, 4) is 0 Å². The molecule has 2 nitrogen and oxygen atoms in total. The molecule has 0 unspecified atom stereocenters. The molecule has 0 heterocycles. The minimum absolute atomic E-state index is 0.0150. The van der Waals surface area contributed by atoms with Gasteiger partial charge < -0.3 is 5.11 Å². The predicted molar refractivity (Wildman–Crippen MR) is 43.5 cm³/mol. The van der Waals surface area contributed by atoms with Gasteiger partial charge in [0, 0.05) is 10.8 Å². The Bertz CT molecular complexity index is 294. The lowest BCUT2D eigenvalue weighted by atomic mass is 9.83. The summed E-state index contributed by atoms with van der Waals surface area (Å²) in [6.45, 7) is 0. The SMILES string of the molecule is O=C1C=C[C@H](O)[C@@]23CCC[C@@]12C3. The first-order chi connectivity index (χ1) is 5.71. The standard InChI is InChI=1S/C10H12O2/c11-7-2-3-8(12)10-5-1-4-9(7,10)6-10/h2-3,7,11H,1,4-6H2/t7-,9-,10+/m0/s1. The van der Waals surface area contributed by atoms with Crippen LogP contribution in [0.4, 0.5) is 0 Å². The summed E-state index contributed by atoms with van der Waals surface area (Å²) in [7, 11) is 0. The zero-order valence-corrected chi connectivity index (χ0v) is 6.92. The molecular formula is C10H12O2. The third-order valence-corrected chi connectivity index (χ3v) is 4.14. The molecule has 0 aromatic heterocycles. The largest absolute Gasteiger partial charge is 0.388 e. The van der Waals surface area contributed by atoms with E-state index in [0.717, 1.165) is 25.7 Å². The summed E-state index contributed by atoms with van der Waals surface area (Å²) in [6, 6.07) is 0. The average Bonchev–Trinajstić information content (AvgIpc) is 2.61. The van der Waals surface area contributed by atoms with Crippen LogP contribution < -0.4 is 0 Å². The van der Waals surface area contributed by atoms with Gasteiger partial charge in [-0.25, -0.2) is 0 Å². The van der Waals surface area contributed by atoms with Crippen LogP contribution in [0, 0.1) is 10.8 Å². The van der Waals surface area contributed by atoms with Crippen molar-refractivity contribution in [2.45, 2.75) is 31.8 Å². The maximum absolute atomic E-state index is 11.6. The highest BCUT2D eigenvalue weighted by Crippen LogP contribution is 2.76. The fourth-order valence-corrected chi connectivity index (χ4v) is 3.38. The highest BCUT2D eigenvalue weighted by Gasteiger charge is 2.76. The number of aliphatic hydroxyl groups is 1. The van der Waals surface area contributed by atoms with E-state index in [1.807, 2.05) is 0 Å². The van der Waals surface area contributed by atoms with Crippen molar-refractivity contribution in [1.82, 2.24) is 0 Å². The van der Waals surface area contributed by atoms with Crippen molar-refractivity contribution in [3.63, 3.8) is 0 Å². The topological polar surface area (TPSA) is 37.3 Å². The minimum atomic E-state index is -0.349. The molecule has 64 valence electrons. The van der Waals surface area contributed by atoms with Crippen molar-refractivity contribution in [2.24, 2.45) is 10.8 Å². The Morgan fingerprint density at radius 1 is 1.50 bits per heavy atom. The molecule has 0 spiro atoms. The number of rotatable bonds is 0. The van der Waals surface area contributed by atoms with Crippen LogP contribution in [0.5, 0.6) is 0 Å². The molecule has 2 heteroatoms. The molecule has 0 amide bonds. The molecular weight excluding hydrogens is 152 g/mol. The van der Waals surface area contributed by atoms with E-state index in [0.29, 0.717) is 0 Å². The van der Waals surface area contributed by atoms with Gasteiger partial charge in [-0.15, -0.1) is 0 Å². The van der Waals surface area contributed by atoms with Gasteiger partial charge in [-0.1, -0.05) is 12.5 Å². The van der Waals surface area contributed by atoms with E-state index < -0.39 is 0 Å². The lowest BCUT2D eigenvalue weighted by Gasteiger charge is -2.23. The molecule has 2 saturated carbocycles. The maximum atomic E-state index is 11.6. The lowest BCUT2D eigenvalue weighted by molar-refractivity contribution is -0.121. The van der Waals surface area contributed by atoms with Crippen LogP contribution in [0.3, 0.4) is 0 Å². The third-order valence-electron chi connectivity index (χ3n) is 4.14. The summed E-state index contributed by atoms with van der Waals surface area (Å²) >= 11 is 0. The number of carbonyl (C=O) groups is 1. The molecule has 0 radical (unpaired) electrons. The van der Waals surface area contributed by atoms with E-state index in [4.69, 9.17) is 0 Å². The highest BCUT2D eigenvalue weighted by atomic mass is 16.3. The van der Waals surface area contributed by atoms with Crippen LogP contribution in [0.1, 0.15) is 25.7 Å². The number of hydrogen-bond acceptors (Lipinski definition) is 2. The Morgan fingerprint density at radius 3 is 3.08 bits per heavy atom. The van der Waals surface area contributed by atoms with Gasteiger partial charge in [-0.3, -0.25) is 4.79 Å². The first kappa shape index (κ1) is 6.84. The van der Waals surface area contributed by atoms with E-state index in [2.05, 4.69) is 0 Å². The van der Waals surface area contributed by atoms with Crippen molar-refractivity contribution in [3.05, 3.63) is 12.2 Å². The second-order valence-corrected chi connectivity index (χ2v) is 4.44. The van der Waals surface area contributed by atoms with Crippen LogP contribution >= 0.6 is 0 Å². The summed E-state index contributed by atoms with van der Waals surface area (Å²) in [5.74, 6) is 0.269. The Hall–Kier alpha value is -0.630. The molecule has 0 bridgehead atoms. The molecule has 12 heavy (non-hydrogen) atoms. The zero-order chi connectivity index (χ0) is 8.40. The normalized spacial score (nSPS) is 55.1. The molecule has 1 N–H and O–H groups in total. The smallest absolute Gasteiger partial charge is 0.162 e. The minimum Gasteiger partial charge on any atom is -0.388 e. The van der Waals surface area contributed by atoms with E-state index in [9.17, 15) is 9.90 Å². The summed E-state index contributed by atoms with van der Waals surface area (Å²) in [5, 5.41) is 9.75. The number of carbonyl (C=O) groups excluding carboxylic acids is 1. The quantitative estimate of drug-likeness (QED) is 0.581. The van der Waals surface area contributed by atoms with Gasteiger partial charge in [-0.2, -0.15) is 0 Å². The molecule has 0 saturated heterocycles. The predicted octanol–water partition coefficient (Wildman–Crippen LogP) is 1.05. The van der Waals surface area contributed by atoms with Gasteiger partial charge in [0.05, 0.1) is 6.10 Å². The van der Waals surface area contributed by atoms with Crippen LogP contribution in [0.15, 0.2) is 12.2 Å². The zero-order valence-electron chi connectivity index (χ0n) is 6.92. The second kappa shape index (κ2) is 1.67. The number of allylic oxidation sites excluding steroid dienone is 1. The Balaban J connectivity index is 2.13. The van der Waals surface area contributed by atoms with E-state index in [1.165, 1.54) is 0 Å². The molecule has 0 aliphatic heterocycles. The lowest BCUT2D eigenvalue weighted by Crippen LogP contribution is -2.30. The van der Waals surface area contributed by atoms with Crippen LogP contribution in [0.2, 0.25) is 0 Å². The maximum Gasteiger partial charge on any atom is 0.162 e. The summed E-state index contributed by atoms with van der Waals surface area (Å²) in [4.78, 5) is 11.6. The van der Waals surface area contributed by atoms with Crippen LogP contribution in [-0.2, 0) is 4.79 Å². The molecule has 3 aliphatic carbocycles. The molecule has 3 rings (SSSR count). The monoisotopic (exact) mass is 164 g/mol. The highest BCUT2D eigenvalue weighted by molar-refractivity contribution is 6.00. The van der Waals surface area contributed by atoms with Crippen LogP contribution in [0.25, 0.3) is 0 Å². The van der Waals surface area contributed by atoms with Crippen molar-refractivity contribution < 1.29 is 9.90 Å². The molecule has 0 aromatic carbocycles. The second-order valence-electron chi connectivity index (χ2n) is 4.44. The van der Waals surface area contributed by atoms with Gasteiger partial charge in [0.2, 0.25) is 0 Å². The third kappa shape index (κ3) is 0.470. The van der Waals surface area contributed by atoms with E-state index >= 15 is 0 Å². The van der Waals surface area contributed by atoms with E-state index in [1.54, 1.807) is 12.2 Å². The van der Waals surface area contributed by atoms with Crippen molar-refractivity contribution >= 4 is 5.78 Å². The summed E-state index contributed by atoms with van der Waals surface area (Å²) in [6.07, 6.45) is 7.02. The number of ketones is 1. The Labute approximate surface area is 71.3 Å². The fraction of sp³-hybridized carbons (Fsp3) is 0.700. The van der Waals surface area contributed by atoms with E-state index in [-0.39, 0.29) is 22.7 Å². The van der Waals surface area contributed by atoms with Gasteiger partial charge in [-0.05, 0) is 25.3 Å². The summed E-state index contributed by atoms with van der Waals surface area (Å²) in [5.41, 5.74) is -0.125. The van der Waals surface area contributed by atoms with Gasteiger partial charge in [0.1, 0.15) is 0 Å². The molecule has 2 fully saturated rings.